The topological polar surface area (TPSA) is 105 Å². The average Bonchev–Trinajstić information content (AvgIpc) is 3.21. The molecular weight excluding hydrogens is 435 g/mol. The number of aromatic nitrogens is 2. The zero-order chi connectivity index (χ0) is 22.9. The second-order valence-electron chi connectivity index (χ2n) is 8.14. The number of sulfonamides is 1. The Bertz CT molecular complexity index is 1220. The molecule has 10 heteroatoms. The van der Waals surface area contributed by atoms with Crippen LogP contribution in [0.15, 0.2) is 57.8 Å². The fourth-order valence-electron chi connectivity index (χ4n) is 3.92. The number of nitrogens with one attached hydrogen (secondary N) is 1. The molecule has 168 valence electrons. The van der Waals surface area contributed by atoms with Crippen molar-refractivity contribution < 1.29 is 22.0 Å². The SMILES string of the molecule is C[C@@H]1C[C@H](C)CN(S(=O)(=O)c2ccc(C(=O)Nc3nnc(-c4ccccc4F)o3)cc2)C1. The third kappa shape index (κ3) is 4.56. The lowest BCUT2D eigenvalue weighted by Gasteiger charge is -2.34. The van der Waals surface area contributed by atoms with E-state index in [4.69, 9.17) is 4.42 Å². The molecule has 1 saturated heterocycles. The molecule has 2 aromatic carbocycles. The summed E-state index contributed by atoms with van der Waals surface area (Å²) in [7, 11) is -3.64. The van der Waals surface area contributed by atoms with Gasteiger partial charge in [-0.3, -0.25) is 10.1 Å². The molecule has 1 aromatic heterocycles. The summed E-state index contributed by atoms with van der Waals surface area (Å²) in [5.74, 6) is -0.560. The number of hydrogen-bond acceptors (Lipinski definition) is 6. The molecule has 2 heterocycles. The minimum atomic E-state index is -3.64. The number of nitrogens with zero attached hydrogens (tertiary/aromatic N) is 3. The third-order valence-corrected chi connectivity index (χ3v) is 7.19. The largest absolute Gasteiger partial charge is 0.403 e. The second kappa shape index (κ2) is 8.79. The number of halogens is 1. The van der Waals surface area contributed by atoms with E-state index >= 15 is 0 Å². The predicted molar refractivity (Wildman–Crippen MR) is 116 cm³/mol. The maximum absolute atomic E-state index is 13.9. The van der Waals surface area contributed by atoms with Crippen molar-refractivity contribution >= 4 is 21.9 Å². The Morgan fingerprint density at radius 3 is 2.38 bits per heavy atom. The first kappa shape index (κ1) is 22.1. The molecule has 0 spiro atoms. The van der Waals surface area contributed by atoms with Crippen LogP contribution in [0.4, 0.5) is 10.4 Å². The van der Waals surface area contributed by atoms with Gasteiger partial charge in [-0.25, -0.2) is 12.8 Å². The van der Waals surface area contributed by atoms with Gasteiger partial charge >= 0.3 is 6.01 Å². The molecule has 2 atom stereocenters. The van der Waals surface area contributed by atoms with Crippen molar-refractivity contribution in [2.24, 2.45) is 11.8 Å². The van der Waals surface area contributed by atoms with E-state index in [1.807, 2.05) is 13.8 Å². The van der Waals surface area contributed by atoms with E-state index in [9.17, 15) is 17.6 Å². The zero-order valence-corrected chi connectivity index (χ0v) is 18.5. The lowest BCUT2D eigenvalue weighted by molar-refractivity contribution is 0.102. The van der Waals surface area contributed by atoms with E-state index in [1.165, 1.54) is 46.8 Å². The quantitative estimate of drug-likeness (QED) is 0.624. The Kier molecular flexibility index (Phi) is 6.07. The van der Waals surface area contributed by atoms with Crippen LogP contribution in [0.2, 0.25) is 0 Å². The van der Waals surface area contributed by atoms with E-state index in [0.717, 1.165) is 6.42 Å². The number of carbonyl (C=O) groups is 1. The van der Waals surface area contributed by atoms with Crippen LogP contribution in [0.5, 0.6) is 0 Å². The van der Waals surface area contributed by atoms with Crippen molar-refractivity contribution in [3.8, 4) is 11.5 Å². The minimum Gasteiger partial charge on any atom is -0.403 e. The van der Waals surface area contributed by atoms with E-state index in [2.05, 4.69) is 15.5 Å². The summed E-state index contributed by atoms with van der Waals surface area (Å²) in [5.41, 5.74) is 0.339. The van der Waals surface area contributed by atoms with Gasteiger partial charge in [0.05, 0.1) is 10.5 Å². The summed E-state index contributed by atoms with van der Waals surface area (Å²) in [4.78, 5) is 12.6. The van der Waals surface area contributed by atoms with Gasteiger partial charge in [-0.05, 0) is 54.7 Å². The van der Waals surface area contributed by atoms with Crippen LogP contribution >= 0.6 is 0 Å². The van der Waals surface area contributed by atoms with Crippen LogP contribution in [0, 0.1) is 17.7 Å². The van der Waals surface area contributed by atoms with Crippen molar-refractivity contribution in [3.05, 3.63) is 59.9 Å². The fraction of sp³-hybridized carbons (Fsp3) is 0.318. The van der Waals surface area contributed by atoms with E-state index < -0.39 is 21.7 Å². The highest BCUT2D eigenvalue weighted by Gasteiger charge is 2.31. The number of piperidine rings is 1. The van der Waals surface area contributed by atoms with Crippen LogP contribution in [-0.2, 0) is 10.0 Å². The van der Waals surface area contributed by atoms with Gasteiger partial charge in [0.15, 0.2) is 0 Å². The van der Waals surface area contributed by atoms with E-state index in [0.29, 0.717) is 24.9 Å². The molecule has 1 amide bonds. The lowest BCUT2D eigenvalue weighted by Crippen LogP contribution is -2.42. The molecule has 3 aromatic rings. The van der Waals surface area contributed by atoms with Gasteiger partial charge in [-0.15, -0.1) is 5.10 Å². The number of rotatable bonds is 5. The first-order valence-electron chi connectivity index (χ1n) is 10.2. The van der Waals surface area contributed by atoms with Crippen molar-refractivity contribution in [3.63, 3.8) is 0 Å². The van der Waals surface area contributed by atoms with Crippen molar-refractivity contribution in [1.82, 2.24) is 14.5 Å². The van der Waals surface area contributed by atoms with Crippen molar-refractivity contribution in [2.45, 2.75) is 25.2 Å². The van der Waals surface area contributed by atoms with Gasteiger partial charge in [0.1, 0.15) is 5.82 Å². The Labute approximate surface area is 185 Å². The Morgan fingerprint density at radius 2 is 1.72 bits per heavy atom. The molecule has 4 rings (SSSR count). The van der Waals surface area contributed by atoms with E-state index in [-0.39, 0.29) is 27.9 Å². The Balaban J connectivity index is 1.46. The molecule has 1 aliphatic rings. The van der Waals surface area contributed by atoms with Gasteiger partial charge in [-0.2, -0.15) is 4.31 Å². The molecule has 0 radical (unpaired) electrons. The molecule has 0 bridgehead atoms. The summed E-state index contributed by atoms with van der Waals surface area (Å²) in [5, 5.41) is 9.90. The number of anilines is 1. The van der Waals surface area contributed by atoms with Crippen molar-refractivity contribution in [2.75, 3.05) is 18.4 Å². The number of hydrogen-bond donors (Lipinski definition) is 1. The normalized spacial score (nSPS) is 19.6. The lowest BCUT2D eigenvalue weighted by atomic mass is 9.94. The highest BCUT2D eigenvalue weighted by molar-refractivity contribution is 7.89. The maximum atomic E-state index is 13.9. The minimum absolute atomic E-state index is 0.0650. The van der Waals surface area contributed by atoms with Crippen LogP contribution in [-0.4, -0.2) is 41.9 Å². The summed E-state index contributed by atoms with van der Waals surface area (Å²) in [6.07, 6.45) is 0.999. The molecule has 0 unspecified atom stereocenters. The zero-order valence-electron chi connectivity index (χ0n) is 17.7. The number of benzene rings is 2. The van der Waals surface area contributed by atoms with E-state index in [1.54, 1.807) is 6.07 Å². The molecule has 0 saturated carbocycles. The van der Waals surface area contributed by atoms with Gasteiger partial charge < -0.3 is 4.42 Å². The average molecular weight is 459 g/mol. The first-order chi connectivity index (χ1) is 15.2. The predicted octanol–water partition coefficient (Wildman–Crippen LogP) is 3.79. The van der Waals surface area contributed by atoms with Crippen LogP contribution in [0.3, 0.4) is 0 Å². The molecule has 0 aliphatic carbocycles. The van der Waals surface area contributed by atoms with Crippen LogP contribution < -0.4 is 5.32 Å². The summed E-state index contributed by atoms with van der Waals surface area (Å²) < 4.78 is 46.6. The standard InChI is InChI=1S/C22H23FN4O4S/c1-14-11-15(2)13-27(12-14)32(29,30)17-9-7-16(8-10-17)20(28)24-22-26-25-21(31-22)18-5-3-4-6-19(18)23/h3-10,14-15H,11-13H2,1-2H3,(H,24,26,28)/t14-,15+. The molecule has 1 aliphatic heterocycles. The Hall–Kier alpha value is -3.11. The monoisotopic (exact) mass is 458 g/mol. The Morgan fingerprint density at radius 1 is 1.06 bits per heavy atom. The second-order valence-corrected chi connectivity index (χ2v) is 10.1. The summed E-state index contributed by atoms with van der Waals surface area (Å²) >= 11 is 0. The smallest absolute Gasteiger partial charge is 0.322 e. The van der Waals surface area contributed by atoms with Gasteiger partial charge in [-0.1, -0.05) is 31.1 Å². The summed E-state index contributed by atoms with van der Waals surface area (Å²) in [6.45, 7) is 5.05. The van der Waals surface area contributed by atoms with Crippen molar-refractivity contribution in [1.29, 1.82) is 0 Å². The highest BCUT2D eigenvalue weighted by Crippen LogP contribution is 2.27. The molecular formula is C22H23FN4O4S. The van der Waals surface area contributed by atoms with Crippen LogP contribution in [0.1, 0.15) is 30.6 Å². The first-order valence-corrected chi connectivity index (χ1v) is 11.7. The van der Waals surface area contributed by atoms with Gasteiger partial charge in [0, 0.05) is 18.7 Å². The third-order valence-electron chi connectivity index (χ3n) is 5.34. The number of amides is 1. The maximum Gasteiger partial charge on any atom is 0.322 e. The molecule has 1 fully saturated rings. The summed E-state index contributed by atoms with van der Waals surface area (Å²) in [6, 6.07) is 11.4. The van der Waals surface area contributed by atoms with Crippen LogP contribution in [0.25, 0.3) is 11.5 Å². The number of carbonyl (C=O) groups excluding carboxylic acids is 1. The van der Waals surface area contributed by atoms with Gasteiger partial charge in [0.25, 0.3) is 11.8 Å². The fourth-order valence-corrected chi connectivity index (χ4v) is 5.60. The molecule has 32 heavy (non-hydrogen) atoms. The highest BCUT2D eigenvalue weighted by atomic mass is 32.2. The molecule has 1 N–H and O–H groups in total. The van der Waals surface area contributed by atoms with Gasteiger partial charge in [0.2, 0.25) is 10.0 Å². The molecule has 8 nitrogen and oxygen atoms in total.